The van der Waals surface area contributed by atoms with Gasteiger partial charge in [-0.25, -0.2) is 4.79 Å². The summed E-state index contributed by atoms with van der Waals surface area (Å²) in [6, 6.07) is 24.8. The fraction of sp³-hybridized carbons (Fsp3) is 0.0800. The van der Waals surface area contributed by atoms with Crippen molar-refractivity contribution in [1.82, 2.24) is 0 Å². The van der Waals surface area contributed by atoms with Crippen LogP contribution in [0.25, 0.3) is 44.2 Å². The van der Waals surface area contributed by atoms with Crippen molar-refractivity contribution in [2.45, 2.75) is 6.92 Å². The van der Waals surface area contributed by atoms with Gasteiger partial charge in [0.2, 0.25) is 0 Å². The third kappa shape index (κ3) is 2.43. The molecule has 3 heteroatoms. The summed E-state index contributed by atoms with van der Waals surface area (Å²) in [4.78, 5) is 12.8. The first-order chi connectivity index (χ1) is 13.7. The number of carbonyl (C=O) groups is 1. The maximum atomic E-state index is 12.8. The molecule has 0 bridgehead atoms. The molecule has 0 radical (unpaired) electrons. The van der Waals surface area contributed by atoms with Gasteiger partial charge in [0.15, 0.2) is 0 Å². The molecular weight excluding hydrogens is 412 g/mol. The Morgan fingerprint density at radius 2 is 1.57 bits per heavy atom. The molecule has 1 aliphatic carbocycles. The van der Waals surface area contributed by atoms with E-state index in [9.17, 15) is 4.79 Å². The lowest BCUT2D eigenvalue weighted by atomic mass is 9.90. The predicted octanol–water partition coefficient (Wildman–Crippen LogP) is 7.09. The van der Waals surface area contributed by atoms with E-state index in [1.54, 1.807) is 0 Å². The van der Waals surface area contributed by atoms with Crippen LogP contribution < -0.4 is 0 Å². The minimum atomic E-state index is -0.276. The molecule has 4 aromatic rings. The molecule has 0 aliphatic heterocycles. The van der Waals surface area contributed by atoms with E-state index in [1.807, 2.05) is 43.3 Å². The summed E-state index contributed by atoms with van der Waals surface area (Å²) in [6.07, 6.45) is 0. The summed E-state index contributed by atoms with van der Waals surface area (Å²) < 4.78 is 6.42. The van der Waals surface area contributed by atoms with E-state index in [0.717, 1.165) is 43.2 Å². The molecule has 0 heterocycles. The molecule has 0 aromatic heterocycles. The Balaban J connectivity index is 1.91. The number of rotatable bonds is 3. The zero-order chi connectivity index (χ0) is 19.3. The van der Waals surface area contributed by atoms with Crippen molar-refractivity contribution in [2.24, 2.45) is 0 Å². The maximum absolute atomic E-state index is 12.8. The van der Waals surface area contributed by atoms with Crippen molar-refractivity contribution in [1.29, 1.82) is 0 Å². The van der Waals surface area contributed by atoms with Gasteiger partial charge in [0, 0.05) is 10.0 Å². The number of halogens is 1. The van der Waals surface area contributed by atoms with Crippen LogP contribution in [0.5, 0.6) is 0 Å². The monoisotopic (exact) mass is 428 g/mol. The summed E-state index contributed by atoms with van der Waals surface area (Å²) in [5.74, 6) is -0.276. The SMILES string of the molecule is CCOC(=O)c1ccc(-c2ccccc2)c2c1-c1cccc3c(Br)ccc-2c13. The number of hydrogen-bond donors (Lipinski definition) is 0. The van der Waals surface area contributed by atoms with Crippen LogP contribution >= 0.6 is 15.9 Å². The van der Waals surface area contributed by atoms with Crippen LogP contribution in [0.15, 0.2) is 77.3 Å². The van der Waals surface area contributed by atoms with Crippen LogP contribution in [0, 0.1) is 0 Å². The third-order valence-corrected chi connectivity index (χ3v) is 6.00. The topological polar surface area (TPSA) is 26.3 Å². The lowest BCUT2D eigenvalue weighted by Crippen LogP contribution is -2.07. The van der Waals surface area contributed by atoms with E-state index in [1.165, 1.54) is 5.39 Å². The lowest BCUT2D eigenvalue weighted by Gasteiger charge is -2.14. The first-order valence-electron chi connectivity index (χ1n) is 9.32. The van der Waals surface area contributed by atoms with Gasteiger partial charge in [0.05, 0.1) is 12.2 Å². The van der Waals surface area contributed by atoms with E-state index >= 15 is 0 Å². The van der Waals surface area contributed by atoms with Crippen LogP contribution in [-0.2, 0) is 4.74 Å². The summed E-state index contributed by atoms with van der Waals surface area (Å²) in [6.45, 7) is 2.19. The first-order valence-corrected chi connectivity index (χ1v) is 10.1. The molecule has 0 amide bonds. The number of hydrogen-bond acceptors (Lipinski definition) is 2. The fourth-order valence-corrected chi connectivity index (χ4v) is 4.65. The van der Waals surface area contributed by atoms with Gasteiger partial charge in [-0.1, -0.05) is 76.6 Å². The van der Waals surface area contributed by atoms with E-state index < -0.39 is 0 Å². The molecule has 0 fully saturated rings. The van der Waals surface area contributed by atoms with Crippen LogP contribution in [0.2, 0.25) is 0 Å². The molecule has 0 N–H and O–H groups in total. The number of ether oxygens (including phenoxy) is 1. The van der Waals surface area contributed by atoms with Crippen molar-refractivity contribution < 1.29 is 9.53 Å². The average molecular weight is 429 g/mol. The van der Waals surface area contributed by atoms with Crippen LogP contribution in [-0.4, -0.2) is 12.6 Å². The Kier molecular flexibility index (Phi) is 4.06. The molecule has 136 valence electrons. The Bertz CT molecular complexity index is 1240. The van der Waals surface area contributed by atoms with E-state index in [-0.39, 0.29) is 5.97 Å². The smallest absolute Gasteiger partial charge is 0.338 e. The second-order valence-electron chi connectivity index (χ2n) is 6.82. The zero-order valence-corrected chi connectivity index (χ0v) is 16.9. The second-order valence-corrected chi connectivity index (χ2v) is 7.67. The highest BCUT2D eigenvalue weighted by Gasteiger charge is 2.29. The summed E-state index contributed by atoms with van der Waals surface area (Å²) >= 11 is 3.68. The molecule has 0 saturated heterocycles. The van der Waals surface area contributed by atoms with Crippen LogP contribution in [0.3, 0.4) is 0 Å². The zero-order valence-electron chi connectivity index (χ0n) is 15.3. The summed E-state index contributed by atoms with van der Waals surface area (Å²) in [5, 5.41) is 2.33. The van der Waals surface area contributed by atoms with Gasteiger partial charge in [0.25, 0.3) is 0 Å². The highest BCUT2D eigenvalue weighted by atomic mass is 79.9. The third-order valence-electron chi connectivity index (χ3n) is 5.31. The van der Waals surface area contributed by atoms with Gasteiger partial charge in [-0.05, 0) is 57.6 Å². The van der Waals surface area contributed by atoms with Crippen molar-refractivity contribution >= 4 is 32.7 Å². The molecule has 0 unspecified atom stereocenters. The second kappa shape index (κ2) is 6.61. The molecule has 0 atom stereocenters. The van der Waals surface area contributed by atoms with Crippen molar-refractivity contribution in [3.63, 3.8) is 0 Å². The summed E-state index contributed by atoms with van der Waals surface area (Å²) in [7, 11) is 0. The van der Waals surface area contributed by atoms with Gasteiger partial charge in [0.1, 0.15) is 0 Å². The Morgan fingerprint density at radius 1 is 0.821 bits per heavy atom. The van der Waals surface area contributed by atoms with Gasteiger partial charge in [-0.3, -0.25) is 0 Å². The van der Waals surface area contributed by atoms with Crippen molar-refractivity contribution in [2.75, 3.05) is 6.61 Å². The van der Waals surface area contributed by atoms with Gasteiger partial charge < -0.3 is 4.74 Å². The molecule has 1 aliphatic rings. The highest BCUT2D eigenvalue weighted by molar-refractivity contribution is 9.10. The van der Waals surface area contributed by atoms with Crippen LogP contribution in [0.1, 0.15) is 17.3 Å². The van der Waals surface area contributed by atoms with Crippen LogP contribution in [0.4, 0.5) is 0 Å². The minimum absolute atomic E-state index is 0.276. The van der Waals surface area contributed by atoms with Crippen molar-refractivity contribution in [3.8, 4) is 33.4 Å². The quantitative estimate of drug-likeness (QED) is 0.286. The Labute approximate surface area is 171 Å². The standard InChI is InChI=1S/C25H17BrO2/c1-2-28-25(27)20-12-11-16(15-7-4-3-5-8-15)23-19-13-14-21(26)17-9-6-10-18(22(17)19)24(20)23/h3-14H,2H2,1H3. The Morgan fingerprint density at radius 3 is 2.36 bits per heavy atom. The normalized spacial score (nSPS) is 11.5. The molecule has 28 heavy (non-hydrogen) atoms. The highest BCUT2D eigenvalue weighted by Crippen LogP contribution is 2.53. The van der Waals surface area contributed by atoms with E-state index in [2.05, 4.69) is 52.3 Å². The molecule has 4 aromatic carbocycles. The number of benzene rings is 4. The maximum Gasteiger partial charge on any atom is 0.338 e. The molecular formula is C25H17BrO2. The van der Waals surface area contributed by atoms with Gasteiger partial charge in [-0.2, -0.15) is 0 Å². The molecule has 5 rings (SSSR count). The predicted molar refractivity (Wildman–Crippen MR) is 117 cm³/mol. The Hall–Kier alpha value is -2.91. The van der Waals surface area contributed by atoms with Crippen molar-refractivity contribution in [3.05, 3.63) is 82.8 Å². The number of esters is 1. The van der Waals surface area contributed by atoms with Gasteiger partial charge in [-0.15, -0.1) is 0 Å². The molecule has 0 saturated carbocycles. The van der Waals surface area contributed by atoms with E-state index in [0.29, 0.717) is 12.2 Å². The number of carbonyl (C=O) groups excluding carboxylic acids is 1. The van der Waals surface area contributed by atoms with Gasteiger partial charge >= 0.3 is 5.97 Å². The molecule has 2 nitrogen and oxygen atoms in total. The minimum Gasteiger partial charge on any atom is -0.462 e. The first kappa shape index (κ1) is 17.2. The lowest BCUT2D eigenvalue weighted by molar-refractivity contribution is 0.0527. The van der Waals surface area contributed by atoms with E-state index in [4.69, 9.17) is 4.74 Å². The number of fused-ring (bicyclic) bond motifs is 3. The largest absolute Gasteiger partial charge is 0.462 e. The average Bonchev–Trinajstić information content (AvgIpc) is 3.07. The fourth-order valence-electron chi connectivity index (χ4n) is 4.19. The molecule has 0 spiro atoms. The summed E-state index contributed by atoms with van der Waals surface area (Å²) in [5.41, 5.74) is 7.21.